The summed E-state index contributed by atoms with van der Waals surface area (Å²) in [7, 11) is 1.74. The number of benzene rings is 1. The first-order valence-corrected chi connectivity index (χ1v) is 7.85. The second-order valence-electron chi connectivity index (χ2n) is 6.38. The maximum Gasteiger partial charge on any atom is 0.268 e. The molecule has 2 unspecified atom stereocenters. The quantitative estimate of drug-likeness (QED) is 0.868. The van der Waals surface area contributed by atoms with Gasteiger partial charge in [0.25, 0.3) is 5.91 Å². The van der Waals surface area contributed by atoms with E-state index in [2.05, 4.69) is 5.32 Å². The molecule has 22 heavy (non-hydrogen) atoms. The van der Waals surface area contributed by atoms with Gasteiger partial charge in [-0.25, -0.2) is 0 Å². The second-order valence-corrected chi connectivity index (χ2v) is 6.38. The number of anilines is 1. The first-order valence-electron chi connectivity index (χ1n) is 7.85. The highest BCUT2D eigenvalue weighted by molar-refractivity contribution is 6.04. The van der Waals surface area contributed by atoms with Crippen molar-refractivity contribution < 1.29 is 14.3 Å². The normalized spacial score (nSPS) is 24.4. The van der Waals surface area contributed by atoms with E-state index in [9.17, 15) is 9.59 Å². The number of carbonyl (C=O) groups is 2. The summed E-state index contributed by atoms with van der Waals surface area (Å²) in [6, 6.07) is 5.26. The number of ether oxygens (including phenoxy) is 1. The van der Waals surface area contributed by atoms with Crippen LogP contribution in [0, 0.1) is 5.92 Å². The van der Waals surface area contributed by atoms with Gasteiger partial charge in [-0.1, -0.05) is 13.8 Å². The van der Waals surface area contributed by atoms with Crippen LogP contribution in [-0.4, -0.2) is 37.4 Å². The van der Waals surface area contributed by atoms with Crippen LogP contribution in [0.15, 0.2) is 18.2 Å². The van der Waals surface area contributed by atoms with E-state index >= 15 is 0 Å². The molecule has 5 heteroatoms. The van der Waals surface area contributed by atoms with Crippen LogP contribution in [0.25, 0.3) is 0 Å². The molecule has 3 rings (SSSR count). The minimum Gasteiger partial charge on any atom is -0.478 e. The number of rotatable bonds is 3. The third-order valence-electron chi connectivity index (χ3n) is 4.42. The summed E-state index contributed by atoms with van der Waals surface area (Å²) in [4.78, 5) is 26.5. The molecule has 0 aromatic heterocycles. The Hall–Kier alpha value is -1.88. The molecule has 0 bridgehead atoms. The third kappa shape index (κ3) is 2.50. The molecule has 5 nitrogen and oxygen atoms in total. The van der Waals surface area contributed by atoms with Gasteiger partial charge in [0.1, 0.15) is 5.75 Å². The van der Waals surface area contributed by atoms with Gasteiger partial charge in [-0.3, -0.25) is 9.59 Å². The molecule has 1 fully saturated rings. The van der Waals surface area contributed by atoms with Gasteiger partial charge in [0.2, 0.25) is 0 Å². The maximum absolute atomic E-state index is 12.5. The lowest BCUT2D eigenvalue weighted by atomic mass is 9.99. The molecule has 1 amide bonds. The number of hydrogen-bond acceptors (Lipinski definition) is 4. The smallest absolute Gasteiger partial charge is 0.268 e. The number of nitrogens with one attached hydrogen (secondary N) is 1. The van der Waals surface area contributed by atoms with Gasteiger partial charge in [-0.05, 0) is 43.5 Å². The third-order valence-corrected chi connectivity index (χ3v) is 4.42. The zero-order valence-corrected chi connectivity index (χ0v) is 13.3. The van der Waals surface area contributed by atoms with Crippen molar-refractivity contribution in [3.63, 3.8) is 0 Å². The fourth-order valence-electron chi connectivity index (χ4n) is 3.06. The molecule has 2 aliphatic rings. The molecule has 0 saturated carbocycles. The summed E-state index contributed by atoms with van der Waals surface area (Å²) < 4.78 is 5.82. The van der Waals surface area contributed by atoms with E-state index in [-0.39, 0.29) is 23.7 Å². The Bertz CT molecular complexity index is 606. The van der Waals surface area contributed by atoms with Crippen LogP contribution in [0.3, 0.4) is 0 Å². The topological polar surface area (TPSA) is 58.6 Å². The van der Waals surface area contributed by atoms with Gasteiger partial charge >= 0.3 is 0 Å². The number of likely N-dealkylation sites (N-methyl/N-ethyl adjacent to an activating group) is 1. The minimum absolute atomic E-state index is 0.0638. The van der Waals surface area contributed by atoms with Crippen molar-refractivity contribution in [2.45, 2.75) is 38.8 Å². The summed E-state index contributed by atoms with van der Waals surface area (Å²) in [6.07, 6.45) is 1.44. The molecular formula is C17H22N2O3. The van der Waals surface area contributed by atoms with Crippen LogP contribution >= 0.6 is 0 Å². The van der Waals surface area contributed by atoms with Crippen molar-refractivity contribution in [3.05, 3.63) is 23.8 Å². The molecule has 1 aromatic carbocycles. The molecule has 2 atom stereocenters. The Kier molecular flexibility index (Phi) is 3.91. The van der Waals surface area contributed by atoms with Crippen LogP contribution in [0.1, 0.15) is 37.0 Å². The number of fused-ring (bicyclic) bond motifs is 1. The number of hydrogen-bond donors (Lipinski definition) is 1. The Labute approximate surface area is 130 Å². The fraction of sp³-hybridized carbons (Fsp3) is 0.529. The molecule has 0 spiro atoms. The fourth-order valence-corrected chi connectivity index (χ4v) is 3.06. The van der Waals surface area contributed by atoms with Gasteiger partial charge in [0.05, 0.1) is 11.7 Å². The van der Waals surface area contributed by atoms with Gasteiger partial charge in [0.15, 0.2) is 11.9 Å². The molecule has 118 valence electrons. The first kappa shape index (κ1) is 15.0. The number of carbonyl (C=O) groups excluding carboxylic acids is 2. The number of Topliss-reactive ketones (excluding diaryl/α,β-unsaturated/α-hetero) is 1. The predicted octanol–water partition coefficient (Wildman–Crippen LogP) is 2.00. The van der Waals surface area contributed by atoms with E-state index in [1.165, 1.54) is 0 Å². The summed E-state index contributed by atoms with van der Waals surface area (Å²) in [5.74, 6) is 0.794. The van der Waals surface area contributed by atoms with Crippen molar-refractivity contribution in [1.82, 2.24) is 5.32 Å². The SMILES string of the molecule is CC(C)C1Oc2ccc(C(=O)C3CCCN3)cc2N(C)C1=O. The van der Waals surface area contributed by atoms with E-state index in [0.717, 1.165) is 19.4 Å². The second kappa shape index (κ2) is 5.72. The van der Waals surface area contributed by atoms with Crippen molar-refractivity contribution >= 4 is 17.4 Å². The van der Waals surface area contributed by atoms with E-state index in [0.29, 0.717) is 17.0 Å². The van der Waals surface area contributed by atoms with Crippen LogP contribution in [0.5, 0.6) is 5.75 Å². The van der Waals surface area contributed by atoms with Gasteiger partial charge in [-0.2, -0.15) is 0 Å². The molecule has 0 aliphatic carbocycles. The molecular weight excluding hydrogens is 280 g/mol. The molecule has 1 N–H and O–H groups in total. The molecule has 2 heterocycles. The average Bonchev–Trinajstić information content (AvgIpc) is 3.03. The summed E-state index contributed by atoms with van der Waals surface area (Å²) in [6.45, 7) is 4.81. The Morgan fingerprint density at radius 3 is 2.82 bits per heavy atom. The summed E-state index contributed by atoms with van der Waals surface area (Å²) in [5, 5.41) is 3.22. The average molecular weight is 302 g/mol. The van der Waals surface area contributed by atoms with Crippen LogP contribution in [-0.2, 0) is 4.79 Å². The summed E-state index contributed by atoms with van der Waals surface area (Å²) >= 11 is 0. The van der Waals surface area contributed by atoms with E-state index in [4.69, 9.17) is 4.74 Å². The largest absolute Gasteiger partial charge is 0.478 e. The lowest BCUT2D eigenvalue weighted by Crippen LogP contribution is -2.46. The van der Waals surface area contributed by atoms with Crippen LogP contribution in [0.2, 0.25) is 0 Å². The summed E-state index contributed by atoms with van der Waals surface area (Å²) in [5.41, 5.74) is 1.30. The van der Waals surface area contributed by atoms with Crippen molar-refractivity contribution in [1.29, 1.82) is 0 Å². The molecule has 2 aliphatic heterocycles. The highest BCUT2D eigenvalue weighted by atomic mass is 16.5. The van der Waals surface area contributed by atoms with E-state index < -0.39 is 6.10 Å². The van der Waals surface area contributed by atoms with Crippen LogP contribution < -0.4 is 15.0 Å². The molecule has 1 saturated heterocycles. The standard InChI is InChI=1S/C17H22N2O3/c1-10(2)16-17(21)19(3)13-9-11(6-7-14(13)22-16)15(20)12-5-4-8-18-12/h6-7,9-10,12,16,18H,4-5,8H2,1-3H3. The Balaban J connectivity index is 1.91. The van der Waals surface area contributed by atoms with Gasteiger partial charge < -0.3 is 15.0 Å². The Morgan fingerprint density at radius 2 is 2.18 bits per heavy atom. The number of amides is 1. The number of ketones is 1. The lowest BCUT2D eigenvalue weighted by Gasteiger charge is -2.34. The predicted molar refractivity (Wildman–Crippen MR) is 84.5 cm³/mol. The van der Waals surface area contributed by atoms with Crippen molar-refractivity contribution in [3.8, 4) is 5.75 Å². The number of nitrogens with zero attached hydrogens (tertiary/aromatic N) is 1. The monoisotopic (exact) mass is 302 g/mol. The minimum atomic E-state index is -0.462. The highest BCUT2D eigenvalue weighted by Crippen LogP contribution is 2.36. The zero-order chi connectivity index (χ0) is 15.9. The van der Waals surface area contributed by atoms with E-state index in [1.54, 1.807) is 30.1 Å². The maximum atomic E-state index is 12.5. The van der Waals surface area contributed by atoms with E-state index in [1.807, 2.05) is 13.8 Å². The Morgan fingerprint density at radius 1 is 1.41 bits per heavy atom. The molecule has 0 radical (unpaired) electrons. The first-order chi connectivity index (χ1) is 10.5. The highest BCUT2D eigenvalue weighted by Gasteiger charge is 2.35. The lowest BCUT2D eigenvalue weighted by molar-refractivity contribution is -0.127. The zero-order valence-electron chi connectivity index (χ0n) is 13.3. The van der Waals surface area contributed by atoms with Crippen molar-refractivity contribution in [2.24, 2.45) is 5.92 Å². The van der Waals surface area contributed by atoms with Crippen molar-refractivity contribution in [2.75, 3.05) is 18.5 Å². The van der Waals surface area contributed by atoms with Gasteiger partial charge in [-0.15, -0.1) is 0 Å². The van der Waals surface area contributed by atoms with Crippen LogP contribution in [0.4, 0.5) is 5.69 Å². The van der Waals surface area contributed by atoms with Gasteiger partial charge in [0, 0.05) is 12.6 Å². The molecule has 1 aromatic rings.